The van der Waals surface area contributed by atoms with E-state index in [-0.39, 0.29) is 29.5 Å². The Bertz CT molecular complexity index is 1560. The molecule has 2 atom stereocenters. The van der Waals surface area contributed by atoms with Gasteiger partial charge in [0.05, 0.1) is 28.0 Å². The Kier molecular flexibility index (Phi) is 7.36. The Balaban J connectivity index is 1.61. The molecule has 1 aliphatic heterocycles. The first-order valence-electron chi connectivity index (χ1n) is 12.4. The van der Waals surface area contributed by atoms with Crippen LogP contribution in [0, 0.1) is 5.92 Å². The lowest BCUT2D eigenvalue weighted by Crippen LogP contribution is -2.30. The predicted octanol–water partition coefficient (Wildman–Crippen LogP) is 6.00. The third-order valence-corrected chi connectivity index (χ3v) is 7.19. The minimum Gasteiger partial charge on any atom is -0.478 e. The van der Waals surface area contributed by atoms with Gasteiger partial charge in [-0.1, -0.05) is 37.6 Å². The van der Waals surface area contributed by atoms with Gasteiger partial charge in [0.15, 0.2) is 5.11 Å². The zero-order valence-electron chi connectivity index (χ0n) is 21.2. The summed E-state index contributed by atoms with van der Waals surface area (Å²) in [6, 6.07) is 21.1. The molecule has 1 aliphatic rings. The van der Waals surface area contributed by atoms with Crippen LogP contribution in [0.1, 0.15) is 47.7 Å². The van der Waals surface area contributed by atoms with Crippen LogP contribution in [0.2, 0.25) is 5.02 Å². The van der Waals surface area contributed by atoms with Crippen LogP contribution in [-0.4, -0.2) is 31.6 Å². The number of amides is 1. The highest BCUT2D eigenvalue weighted by Gasteiger charge is 2.42. The molecule has 3 heterocycles. The van der Waals surface area contributed by atoms with E-state index in [9.17, 15) is 14.7 Å². The highest BCUT2D eigenvalue weighted by atomic mass is 35.5. The lowest BCUT2D eigenvalue weighted by Gasteiger charge is -2.29. The number of nitrogens with zero attached hydrogens (tertiary/aromatic N) is 3. The number of hydrogen-bond acceptors (Lipinski definition) is 4. The van der Waals surface area contributed by atoms with E-state index in [2.05, 4.69) is 15.6 Å². The van der Waals surface area contributed by atoms with Crippen molar-refractivity contribution in [2.24, 2.45) is 5.92 Å². The number of anilines is 2. The molecule has 5 rings (SSSR count). The van der Waals surface area contributed by atoms with Crippen molar-refractivity contribution < 1.29 is 14.7 Å². The molecule has 198 valence electrons. The summed E-state index contributed by atoms with van der Waals surface area (Å²) in [5, 5.41) is 16.7. The summed E-state index contributed by atoms with van der Waals surface area (Å²) in [5.74, 6) is -1.31. The molecular formula is C29H26ClN5O3S. The number of carbonyl (C=O) groups is 2. The van der Waals surface area contributed by atoms with Crippen molar-refractivity contribution in [1.82, 2.24) is 14.9 Å². The number of aromatic carboxylic acids is 1. The molecule has 0 saturated carbocycles. The third-order valence-electron chi connectivity index (χ3n) is 6.57. The maximum atomic E-state index is 12.2. The highest BCUT2D eigenvalue weighted by molar-refractivity contribution is 7.80. The van der Waals surface area contributed by atoms with Crippen molar-refractivity contribution in [2.75, 3.05) is 10.2 Å². The van der Waals surface area contributed by atoms with Crippen molar-refractivity contribution in [2.45, 2.75) is 25.9 Å². The Morgan fingerprint density at radius 3 is 2.56 bits per heavy atom. The van der Waals surface area contributed by atoms with E-state index < -0.39 is 5.97 Å². The van der Waals surface area contributed by atoms with E-state index in [0.29, 0.717) is 21.5 Å². The highest BCUT2D eigenvalue weighted by Crippen LogP contribution is 2.43. The molecule has 1 amide bonds. The Morgan fingerprint density at radius 2 is 1.87 bits per heavy atom. The molecule has 0 spiro atoms. The smallest absolute Gasteiger partial charge is 0.335 e. The van der Waals surface area contributed by atoms with Crippen molar-refractivity contribution in [3.8, 4) is 5.69 Å². The van der Waals surface area contributed by atoms with Crippen LogP contribution < -0.4 is 15.5 Å². The number of nitrogens with one attached hydrogen (secondary N) is 2. The number of thiocarbonyl (C=S) groups is 1. The average Bonchev–Trinajstić information content (AvgIpc) is 3.54. The third kappa shape index (κ3) is 5.23. The van der Waals surface area contributed by atoms with E-state index in [0.717, 1.165) is 17.1 Å². The van der Waals surface area contributed by atoms with Crippen LogP contribution in [0.3, 0.4) is 0 Å². The van der Waals surface area contributed by atoms with Crippen molar-refractivity contribution in [3.63, 3.8) is 0 Å². The van der Waals surface area contributed by atoms with E-state index in [1.807, 2.05) is 72.0 Å². The number of aromatic nitrogens is 2. The zero-order valence-corrected chi connectivity index (χ0v) is 22.8. The fraction of sp³-hybridized carbons (Fsp3) is 0.172. The van der Waals surface area contributed by atoms with Gasteiger partial charge >= 0.3 is 5.97 Å². The Hall–Kier alpha value is -4.21. The molecule has 0 bridgehead atoms. The summed E-state index contributed by atoms with van der Waals surface area (Å²) in [6.45, 7) is 3.63. The monoisotopic (exact) mass is 559 g/mol. The largest absolute Gasteiger partial charge is 0.478 e. The van der Waals surface area contributed by atoms with Gasteiger partial charge in [0.1, 0.15) is 6.04 Å². The first kappa shape index (κ1) is 26.4. The minimum atomic E-state index is -0.999. The summed E-state index contributed by atoms with van der Waals surface area (Å²) in [5.41, 5.74) is 3.81. The van der Waals surface area contributed by atoms with Crippen molar-refractivity contribution in [3.05, 3.63) is 107 Å². The second-order valence-corrected chi connectivity index (χ2v) is 10.3. The normalized spacial score (nSPS) is 16.8. The minimum absolute atomic E-state index is 0.127. The van der Waals surface area contributed by atoms with Gasteiger partial charge in [-0.25, -0.2) is 4.79 Å². The second-order valence-electron chi connectivity index (χ2n) is 9.46. The van der Waals surface area contributed by atoms with E-state index in [1.165, 1.54) is 0 Å². The maximum absolute atomic E-state index is 12.2. The van der Waals surface area contributed by atoms with Crippen LogP contribution in [0.5, 0.6) is 0 Å². The lowest BCUT2D eigenvalue weighted by molar-refractivity contribution is -0.118. The summed E-state index contributed by atoms with van der Waals surface area (Å²) in [6.07, 6.45) is 3.63. The van der Waals surface area contributed by atoms with Gasteiger partial charge < -0.3 is 25.2 Å². The fourth-order valence-electron chi connectivity index (χ4n) is 4.62. The molecule has 4 aromatic rings. The first-order valence-corrected chi connectivity index (χ1v) is 13.1. The van der Waals surface area contributed by atoms with Crippen LogP contribution in [0.15, 0.2) is 85.2 Å². The van der Waals surface area contributed by atoms with Gasteiger partial charge in [-0.2, -0.15) is 0 Å². The van der Waals surface area contributed by atoms with E-state index in [1.54, 1.807) is 36.5 Å². The van der Waals surface area contributed by atoms with Crippen LogP contribution in [0.4, 0.5) is 11.4 Å². The van der Waals surface area contributed by atoms with Gasteiger partial charge in [-0.3, -0.25) is 9.78 Å². The molecule has 39 heavy (non-hydrogen) atoms. The SMILES string of the molecule is CC(C)C(=O)Nc1ccc(N2C(=S)N[C@H](c3ccccn3)[C@H]2c2cccn2-c2cccc(C(=O)O)c2)cc1Cl. The Morgan fingerprint density at radius 1 is 1.05 bits per heavy atom. The summed E-state index contributed by atoms with van der Waals surface area (Å²) < 4.78 is 1.95. The van der Waals surface area contributed by atoms with Gasteiger partial charge in [0.25, 0.3) is 0 Å². The number of carboxylic acids is 1. The van der Waals surface area contributed by atoms with Crippen LogP contribution >= 0.6 is 23.8 Å². The molecule has 2 aromatic heterocycles. The first-order chi connectivity index (χ1) is 18.7. The number of hydrogen-bond donors (Lipinski definition) is 3. The summed E-state index contributed by atoms with van der Waals surface area (Å²) >= 11 is 12.5. The average molecular weight is 560 g/mol. The maximum Gasteiger partial charge on any atom is 0.335 e. The van der Waals surface area contributed by atoms with Gasteiger partial charge in [-0.05, 0) is 72.9 Å². The molecule has 0 radical (unpaired) electrons. The van der Waals surface area contributed by atoms with Crippen molar-refractivity contribution >= 4 is 52.2 Å². The molecule has 2 aromatic carbocycles. The van der Waals surface area contributed by atoms with Crippen LogP contribution in [0.25, 0.3) is 5.69 Å². The number of benzene rings is 2. The van der Waals surface area contributed by atoms with Crippen molar-refractivity contribution in [1.29, 1.82) is 0 Å². The van der Waals surface area contributed by atoms with Gasteiger partial charge in [0, 0.05) is 35.4 Å². The number of carboxylic acid groups (broad SMARTS) is 1. The van der Waals surface area contributed by atoms with Gasteiger partial charge in [0.2, 0.25) is 5.91 Å². The Labute approximate surface area is 236 Å². The predicted molar refractivity (Wildman–Crippen MR) is 156 cm³/mol. The number of halogens is 1. The fourth-order valence-corrected chi connectivity index (χ4v) is 5.19. The second kappa shape index (κ2) is 10.9. The summed E-state index contributed by atoms with van der Waals surface area (Å²) in [4.78, 5) is 30.5. The zero-order chi connectivity index (χ0) is 27.7. The molecule has 0 aliphatic carbocycles. The number of rotatable bonds is 7. The van der Waals surface area contributed by atoms with Gasteiger partial charge in [-0.15, -0.1) is 0 Å². The standard InChI is InChI=1S/C29H26ClN5O3S/c1-17(2)27(36)32-22-12-11-20(16-21(22)30)35-26(25(33-29(35)39)23-9-3-4-13-31-23)24-10-6-14-34(24)19-8-5-7-18(15-19)28(37)38/h3-17,25-26H,1-2H3,(H,32,36)(H,33,39)(H,37,38)/t25-,26-/m1/s1. The number of pyridine rings is 1. The lowest BCUT2D eigenvalue weighted by atomic mass is 10.0. The molecule has 8 nitrogen and oxygen atoms in total. The quantitative estimate of drug-likeness (QED) is 0.239. The summed E-state index contributed by atoms with van der Waals surface area (Å²) in [7, 11) is 0. The topological polar surface area (TPSA) is 99.5 Å². The van der Waals surface area contributed by atoms with E-state index >= 15 is 0 Å². The molecular weight excluding hydrogens is 534 g/mol. The number of carbonyl (C=O) groups excluding carboxylic acids is 1. The molecule has 1 saturated heterocycles. The molecule has 10 heteroatoms. The van der Waals surface area contributed by atoms with E-state index in [4.69, 9.17) is 23.8 Å². The molecule has 0 unspecified atom stereocenters. The van der Waals surface area contributed by atoms with Crippen LogP contribution in [-0.2, 0) is 4.79 Å². The molecule has 1 fully saturated rings. The molecule has 3 N–H and O–H groups in total.